The third-order valence-electron chi connectivity index (χ3n) is 7.53. The summed E-state index contributed by atoms with van der Waals surface area (Å²) in [6.07, 6.45) is 4.04. The minimum Gasteiger partial charge on any atom is -0.375 e. The maximum absolute atomic E-state index is 12.1. The molecule has 1 saturated heterocycles. The molecule has 1 aromatic heterocycles. The Kier molecular flexibility index (Phi) is 7.81. The molecule has 7 nitrogen and oxygen atoms in total. The molecule has 2 aliphatic rings. The van der Waals surface area contributed by atoms with Crippen LogP contribution in [-0.2, 0) is 9.53 Å². The molecule has 0 aliphatic carbocycles. The van der Waals surface area contributed by atoms with Crippen molar-refractivity contribution >= 4 is 69.1 Å². The Hall–Kier alpha value is -3.17. The molecule has 3 heterocycles. The van der Waals surface area contributed by atoms with Gasteiger partial charge in [0.05, 0.1) is 34.0 Å². The summed E-state index contributed by atoms with van der Waals surface area (Å²) in [5.74, 6) is -0.291. The van der Waals surface area contributed by atoms with Crippen LogP contribution in [0.3, 0.4) is 0 Å². The normalized spacial score (nSPS) is 19.7. The summed E-state index contributed by atoms with van der Waals surface area (Å²) in [6, 6.07) is 14.9. The van der Waals surface area contributed by atoms with Crippen molar-refractivity contribution < 1.29 is 9.53 Å². The number of ether oxygens (including phenoxy) is 1. The van der Waals surface area contributed by atoms with Crippen molar-refractivity contribution in [2.24, 2.45) is 0 Å². The van der Waals surface area contributed by atoms with Crippen molar-refractivity contribution in [3.05, 3.63) is 87.7 Å². The molecular formula is C30H31Cl2N5O2S. The van der Waals surface area contributed by atoms with E-state index in [0.717, 1.165) is 28.2 Å². The van der Waals surface area contributed by atoms with Crippen molar-refractivity contribution in [3.63, 3.8) is 0 Å². The van der Waals surface area contributed by atoms with E-state index in [4.69, 9.17) is 40.2 Å². The Labute approximate surface area is 250 Å². The monoisotopic (exact) mass is 595 g/mol. The summed E-state index contributed by atoms with van der Waals surface area (Å²) in [5.41, 5.74) is 6.24. The topological polar surface area (TPSA) is 69.7 Å². The summed E-state index contributed by atoms with van der Waals surface area (Å²) in [5, 5.41) is 7.78. The van der Waals surface area contributed by atoms with Crippen LogP contribution in [-0.4, -0.2) is 42.3 Å². The third kappa shape index (κ3) is 5.17. The fraction of sp³-hybridized carbons (Fsp3) is 0.300. The van der Waals surface area contributed by atoms with Crippen molar-refractivity contribution in [2.75, 3.05) is 35.9 Å². The number of carbonyl (C=O) groups excluding carboxylic acids is 1. The predicted molar refractivity (Wildman–Crippen MR) is 167 cm³/mol. The second-order valence-corrected chi connectivity index (χ2v) is 11.8. The molecule has 208 valence electrons. The highest BCUT2D eigenvalue weighted by Crippen LogP contribution is 2.48. The van der Waals surface area contributed by atoms with Gasteiger partial charge in [0.15, 0.2) is 5.11 Å². The number of methoxy groups -OCH3 is 1. The number of benzene rings is 2. The summed E-state index contributed by atoms with van der Waals surface area (Å²) in [6.45, 7) is 6.44. The number of nitrogens with zero attached hydrogens (tertiary/aromatic N) is 3. The van der Waals surface area contributed by atoms with Crippen LogP contribution in [0.5, 0.6) is 0 Å². The van der Waals surface area contributed by atoms with E-state index in [9.17, 15) is 4.79 Å². The van der Waals surface area contributed by atoms with Gasteiger partial charge in [0.1, 0.15) is 6.61 Å². The van der Waals surface area contributed by atoms with E-state index < -0.39 is 0 Å². The lowest BCUT2D eigenvalue weighted by Gasteiger charge is -2.41. The molecule has 0 bridgehead atoms. The minimum atomic E-state index is -0.321. The zero-order valence-corrected chi connectivity index (χ0v) is 25.3. The molecule has 2 aromatic carbocycles. The van der Waals surface area contributed by atoms with Crippen molar-refractivity contribution in [1.82, 2.24) is 10.3 Å². The Bertz CT molecular complexity index is 1510. The van der Waals surface area contributed by atoms with E-state index in [1.807, 2.05) is 35.2 Å². The zero-order chi connectivity index (χ0) is 28.8. The average molecular weight is 597 g/mol. The summed E-state index contributed by atoms with van der Waals surface area (Å²) in [4.78, 5) is 21.0. The second kappa shape index (κ2) is 11.0. The lowest BCUT2D eigenvalue weighted by molar-refractivity contribution is -0.119. The zero-order valence-electron chi connectivity index (χ0n) is 23.0. The molecule has 5 rings (SSSR count). The lowest BCUT2D eigenvalue weighted by atomic mass is 9.86. The molecular weight excluding hydrogens is 565 g/mol. The maximum Gasteiger partial charge on any atom is 0.250 e. The van der Waals surface area contributed by atoms with E-state index in [-0.39, 0.29) is 30.1 Å². The van der Waals surface area contributed by atoms with Crippen LogP contribution in [0, 0.1) is 0 Å². The first kappa shape index (κ1) is 28.4. The highest BCUT2D eigenvalue weighted by Gasteiger charge is 2.42. The fourth-order valence-corrected chi connectivity index (χ4v) is 6.27. The Morgan fingerprint density at radius 2 is 1.95 bits per heavy atom. The van der Waals surface area contributed by atoms with E-state index >= 15 is 0 Å². The molecule has 0 radical (unpaired) electrons. The molecule has 2 atom stereocenters. The SMILES string of the molecule is COCC(=O)Nc1ccc(N2C(=S)NC(c3ccccn3)C2c2cc3c(cc2Cl)N(C)C(C)(C)C=C3C)cc1Cl. The summed E-state index contributed by atoms with van der Waals surface area (Å²) >= 11 is 19.6. The fourth-order valence-electron chi connectivity index (χ4n) is 5.44. The predicted octanol–water partition coefficient (Wildman–Crippen LogP) is 6.78. The molecule has 0 saturated carbocycles. The van der Waals surface area contributed by atoms with Crippen molar-refractivity contribution in [2.45, 2.75) is 38.4 Å². The lowest BCUT2D eigenvalue weighted by Crippen LogP contribution is -2.42. The van der Waals surface area contributed by atoms with Gasteiger partial charge in [-0.25, -0.2) is 0 Å². The van der Waals surface area contributed by atoms with Gasteiger partial charge in [-0.3, -0.25) is 9.78 Å². The quantitative estimate of drug-likeness (QED) is 0.304. The average Bonchev–Trinajstić information content (AvgIpc) is 3.25. The Morgan fingerprint density at radius 3 is 2.62 bits per heavy atom. The molecule has 3 aromatic rings. The van der Waals surface area contributed by atoms with Crippen molar-refractivity contribution in [1.29, 1.82) is 0 Å². The molecule has 1 amide bonds. The number of anilines is 3. The molecule has 10 heteroatoms. The second-order valence-electron chi connectivity index (χ2n) is 10.6. The number of allylic oxidation sites excluding steroid dienone is 1. The number of hydrogen-bond donors (Lipinski definition) is 2. The minimum absolute atomic E-state index is 0.0664. The summed E-state index contributed by atoms with van der Waals surface area (Å²) < 4.78 is 4.91. The van der Waals surface area contributed by atoms with Gasteiger partial charge in [-0.1, -0.05) is 35.3 Å². The standard InChI is InChI=1S/C30H31Cl2N5O2S/c1-17-15-30(2,3)36(4)25-14-21(31)20(13-19(17)25)28-27(24-8-6-7-11-33-24)35-29(40)37(28)18-9-10-23(22(32)12-18)34-26(38)16-39-5/h6-15,27-28H,16H2,1-5H3,(H,34,38)(H,35,40). The third-order valence-corrected chi connectivity index (χ3v) is 8.49. The van der Waals surface area contributed by atoms with Crippen LogP contribution in [0.4, 0.5) is 17.1 Å². The highest BCUT2D eigenvalue weighted by atomic mass is 35.5. The van der Waals surface area contributed by atoms with E-state index in [1.54, 1.807) is 18.3 Å². The molecule has 0 spiro atoms. The van der Waals surface area contributed by atoms with Crippen LogP contribution in [0.25, 0.3) is 5.57 Å². The Morgan fingerprint density at radius 1 is 1.18 bits per heavy atom. The van der Waals surface area contributed by atoms with E-state index in [1.165, 1.54) is 12.7 Å². The number of aromatic nitrogens is 1. The van der Waals surface area contributed by atoms with Crippen LogP contribution >= 0.6 is 35.4 Å². The number of rotatable bonds is 6. The largest absolute Gasteiger partial charge is 0.375 e. The number of thiocarbonyl (C=S) groups is 1. The van der Waals surface area contributed by atoms with Gasteiger partial charge in [0, 0.05) is 42.3 Å². The highest BCUT2D eigenvalue weighted by molar-refractivity contribution is 7.80. The number of likely N-dealkylation sites (N-methyl/N-ethyl adjacent to an activating group) is 1. The van der Waals surface area contributed by atoms with Gasteiger partial charge in [-0.05, 0) is 86.6 Å². The van der Waals surface area contributed by atoms with Crippen LogP contribution in [0.1, 0.15) is 49.7 Å². The number of hydrogen-bond acceptors (Lipinski definition) is 5. The Balaban J connectivity index is 1.63. The summed E-state index contributed by atoms with van der Waals surface area (Å²) in [7, 11) is 3.55. The number of pyridine rings is 1. The van der Waals surface area contributed by atoms with Crippen LogP contribution in [0.15, 0.2) is 60.8 Å². The molecule has 2 aliphatic heterocycles. The van der Waals surface area contributed by atoms with Gasteiger partial charge in [-0.2, -0.15) is 0 Å². The van der Waals surface area contributed by atoms with Gasteiger partial charge >= 0.3 is 0 Å². The number of nitrogens with one attached hydrogen (secondary N) is 2. The van der Waals surface area contributed by atoms with Crippen LogP contribution in [0.2, 0.25) is 10.0 Å². The maximum atomic E-state index is 12.1. The van der Waals surface area contributed by atoms with E-state index in [2.05, 4.69) is 60.5 Å². The number of amides is 1. The molecule has 1 fully saturated rings. The first-order valence-electron chi connectivity index (χ1n) is 12.9. The number of halogens is 2. The first-order chi connectivity index (χ1) is 19.0. The first-order valence-corrected chi connectivity index (χ1v) is 14.0. The van der Waals surface area contributed by atoms with Crippen LogP contribution < -0.4 is 20.4 Å². The van der Waals surface area contributed by atoms with Crippen molar-refractivity contribution in [3.8, 4) is 0 Å². The number of carbonyl (C=O) groups is 1. The van der Waals surface area contributed by atoms with Gasteiger partial charge in [0.2, 0.25) is 5.91 Å². The van der Waals surface area contributed by atoms with Gasteiger partial charge < -0.3 is 25.2 Å². The molecule has 40 heavy (non-hydrogen) atoms. The van der Waals surface area contributed by atoms with E-state index in [0.29, 0.717) is 20.8 Å². The molecule has 2 N–H and O–H groups in total. The smallest absolute Gasteiger partial charge is 0.250 e. The number of fused-ring (bicyclic) bond motifs is 1. The van der Waals surface area contributed by atoms with Gasteiger partial charge in [0.25, 0.3) is 0 Å². The van der Waals surface area contributed by atoms with Gasteiger partial charge in [-0.15, -0.1) is 0 Å². The molecule has 2 unspecified atom stereocenters.